The summed E-state index contributed by atoms with van der Waals surface area (Å²) in [5.41, 5.74) is 2.31. The van der Waals surface area contributed by atoms with E-state index in [-0.39, 0.29) is 35.1 Å². The number of amidine groups is 1. The third kappa shape index (κ3) is 2.70. The van der Waals surface area contributed by atoms with Crippen LogP contribution >= 0.6 is 15.9 Å². The highest BCUT2D eigenvalue weighted by Crippen LogP contribution is 2.30. The van der Waals surface area contributed by atoms with Crippen molar-refractivity contribution in [2.45, 2.75) is 6.92 Å². The third-order valence-corrected chi connectivity index (χ3v) is 4.81. The van der Waals surface area contributed by atoms with Crippen LogP contribution in [0.25, 0.3) is 16.5 Å². The molecule has 0 bridgehead atoms. The van der Waals surface area contributed by atoms with Gasteiger partial charge in [-0.2, -0.15) is 0 Å². The van der Waals surface area contributed by atoms with E-state index < -0.39 is 0 Å². The highest BCUT2D eigenvalue weighted by atomic mass is 79.9. The zero-order valence-electron chi connectivity index (χ0n) is 13.9. The van der Waals surface area contributed by atoms with Crippen molar-refractivity contribution >= 4 is 43.9 Å². The van der Waals surface area contributed by atoms with E-state index in [0.717, 1.165) is 15.7 Å². The monoisotopic (exact) mass is 410 g/mol. The van der Waals surface area contributed by atoms with Crippen LogP contribution in [-0.4, -0.2) is 27.5 Å². The molecule has 3 aromatic rings. The van der Waals surface area contributed by atoms with Crippen molar-refractivity contribution in [2.24, 2.45) is 0 Å². The smallest absolute Gasteiger partial charge is 0.259 e. The van der Waals surface area contributed by atoms with Crippen molar-refractivity contribution in [1.82, 2.24) is 9.97 Å². The molecule has 1 aliphatic heterocycles. The van der Waals surface area contributed by atoms with E-state index in [2.05, 4.69) is 25.9 Å². The number of halogens is 1. The molecule has 0 unspecified atom stereocenters. The SMILES string of the molecule is Cc1cccc(N2CC(O)=C(c3nc4ccc(Br)cc4c(=O)[nH]3)C2=N)c1. The number of nitrogens with one attached hydrogen (secondary N) is 2. The molecule has 0 aliphatic carbocycles. The zero-order valence-corrected chi connectivity index (χ0v) is 15.5. The summed E-state index contributed by atoms with van der Waals surface area (Å²) in [7, 11) is 0. The summed E-state index contributed by atoms with van der Waals surface area (Å²) in [6.45, 7) is 2.14. The summed E-state index contributed by atoms with van der Waals surface area (Å²) in [5, 5.41) is 19.4. The molecule has 0 saturated carbocycles. The van der Waals surface area contributed by atoms with Crippen molar-refractivity contribution < 1.29 is 5.11 Å². The predicted octanol–water partition coefficient (Wildman–Crippen LogP) is 3.76. The number of aromatic nitrogens is 2. The van der Waals surface area contributed by atoms with Crippen LogP contribution < -0.4 is 10.5 Å². The van der Waals surface area contributed by atoms with Crippen LogP contribution in [0.15, 0.2) is 57.5 Å². The first-order chi connectivity index (χ1) is 12.4. The average molecular weight is 411 g/mol. The molecule has 0 spiro atoms. The Morgan fingerprint density at radius 1 is 1.27 bits per heavy atom. The number of fused-ring (bicyclic) bond motifs is 1. The van der Waals surface area contributed by atoms with Crippen molar-refractivity contribution in [2.75, 3.05) is 11.4 Å². The topological polar surface area (TPSA) is 93.1 Å². The van der Waals surface area contributed by atoms with Gasteiger partial charge in [-0.15, -0.1) is 0 Å². The molecule has 26 heavy (non-hydrogen) atoms. The number of aliphatic hydroxyl groups excluding tert-OH is 1. The molecule has 3 N–H and O–H groups in total. The minimum absolute atomic E-state index is 0.0103. The van der Waals surface area contributed by atoms with Crippen LogP contribution in [0.1, 0.15) is 11.4 Å². The summed E-state index contributed by atoms with van der Waals surface area (Å²) in [6.07, 6.45) is 0. The Bertz CT molecular complexity index is 1150. The van der Waals surface area contributed by atoms with Gasteiger partial charge in [0.05, 0.1) is 23.0 Å². The Morgan fingerprint density at radius 2 is 2.08 bits per heavy atom. The first-order valence-corrected chi connectivity index (χ1v) is 8.78. The van der Waals surface area contributed by atoms with Gasteiger partial charge in [-0.05, 0) is 42.8 Å². The molecule has 1 aromatic heterocycles. The summed E-state index contributed by atoms with van der Waals surface area (Å²) in [6, 6.07) is 12.9. The molecule has 0 fully saturated rings. The second-order valence-corrected chi connectivity index (χ2v) is 7.09. The molecule has 4 rings (SSSR count). The van der Waals surface area contributed by atoms with Gasteiger partial charge in [-0.1, -0.05) is 28.1 Å². The first-order valence-electron chi connectivity index (χ1n) is 7.99. The van der Waals surface area contributed by atoms with E-state index >= 15 is 0 Å². The van der Waals surface area contributed by atoms with Gasteiger partial charge in [0.2, 0.25) is 0 Å². The standard InChI is InChI=1S/C19H15BrN4O2/c1-10-3-2-4-12(7-10)24-9-15(25)16(17(24)21)18-22-14-6-5-11(20)8-13(14)19(26)23-18/h2-8,21,25H,9H2,1H3,(H,22,23,26). The Hall–Kier alpha value is -2.93. The Kier molecular flexibility index (Phi) is 3.88. The lowest BCUT2D eigenvalue weighted by Gasteiger charge is -2.19. The number of hydrogen-bond donors (Lipinski definition) is 3. The Morgan fingerprint density at radius 3 is 2.85 bits per heavy atom. The number of H-pyrrole nitrogens is 1. The fourth-order valence-electron chi connectivity index (χ4n) is 3.07. The molecular weight excluding hydrogens is 396 g/mol. The number of aliphatic hydroxyl groups is 1. The molecule has 0 radical (unpaired) electrons. The van der Waals surface area contributed by atoms with E-state index in [1.807, 2.05) is 31.2 Å². The second kappa shape index (κ2) is 6.10. The number of hydrogen-bond acceptors (Lipinski definition) is 4. The third-order valence-electron chi connectivity index (χ3n) is 4.32. The maximum Gasteiger partial charge on any atom is 0.259 e. The van der Waals surface area contributed by atoms with Gasteiger partial charge >= 0.3 is 0 Å². The van der Waals surface area contributed by atoms with E-state index in [9.17, 15) is 9.90 Å². The highest BCUT2D eigenvalue weighted by Gasteiger charge is 2.31. The average Bonchev–Trinajstić information content (AvgIpc) is 2.90. The number of nitrogens with zero attached hydrogens (tertiary/aromatic N) is 2. The zero-order chi connectivity index (χ0) is 18.4. The van der Waals surface area contributed by atoms with Crippen molar-refractivity contribution in [3.8, 4) is 0 Å². The Labute approximate surface area is 157 Å². The summed E-state index contributed by atoms with van der Waals surface area (Å²) in [4.78, 5) is 21.2. The van der Waals surface area contributed by atoms with E-state index in [0.29, 0.717) is 10.9 Å². The van der Waals surface area contributed by atoms with E-state index in [1.54, 1.807) is 23.1 Å². The van der Waals surface area contributed by atoms with Crippen LogP contribution in [0.4, 0.5) is 5.69 Å². The quantitative estimate of drug-likeness (QED) is 0.599. The van der Waals surface area contributed by atoms with Crippen LogP contribution in [0.3, 0.4) is 0 Å². The summed E-state index contributed by atoms with van der Waals surface area (Å²) in [5.74, 6) is 0.311. The van der Waals surface area contributed by atoms with Crippen LogP contribution in [0.5, 0.6) is 0 Å². The molecule has 0 saturated heterocycles. The Balaban J connectivity index is 1.79. The number of rotatable bonds is 2. The lowest BCUT2D eigenvalue weighted by molar-refractivity contribution is 0.411. The lowest BCUT2D eigenvalue weighted by atomic mass is 10.2. The largest absolute Gasteiger partial charge is 0.509 e. The summed E-state index contributed by atoms with van der Waals surface area (Å²) < 4.78 is 0.784. The van der Waals surface area contributed by atoms with Gasteiger partial charge in [0.25, 0.3) is 5.56 Å². The molecule has 2 heterocycles. The number of benzene rings is 2. The molecule has 130 valence electrons. The van der Waals surface area contributed by atoms with E-state index in [1.165, 1.54) is 0 Å². The highest BCUT2D eigenvalue weighted by molar-refractivity contribution is 9.10. The minimum Gasteiger partial charge on any atom is -0.509 e. The molecular formula is C19H15BrN4O2. The number of aromatic amines is 1. The first kappa shape index (κ1) is 16.5. The van der Waals surface area contributed by atoms with Gasteiger partial charge in [0.1, 0.15) is 17.4 Å². The fraction of sp³-hybridized carbons (Fsp3) is 0.105. The van der Waals surface area contributed by atoms with E-state index in [4.69, 9.17) is 5.41 Å². The normalized spacial score (nSPS) is 14.5. The van der Waals surface area contributed by atoms with Crippen LogP contribution in [-0.2, 0) is 0 Å². The second-order valence-electron chi connectivity index (χ2n) is 6.17. The lowest BCUT2D eigenvalue weighted by Crippen LogP contribution is -2.26. The molecule has 1 aliphatic rings. The molecule has 7 heteroatoms. The van der Waals surface area contributed by atoms with Gasteiger partial charge in [-0.3, -0.25) is 10.2 Å². The van der Waals surface area contributed by atoms with Gasteiger partial charge in [-0.25, -0.2) is 4.98 Å². The minimum atomic E-state index is -0.312. The predicted molar refractivity (Wildman–Crippen MR) is 106 cm³/mol. The van der Waals surface area contributed by atoms with Gasteiger partial charge in [0, 0.05) is 10.2 Å². The van der Waals surface area contributed by atoms with Crippen molar-refractivity contribution in [3.63, 3.8) is 0 Å². The van der Waals surface area contributed by atoms with Gasteiger partial charge < -0.3 is 15.0 Å². The maximum absolute atomic E-state index is 12.4. The van der Waals surface area contributed by atoms with Crippen LogP contribution in [0.2, 0.25) is 0 Å². The maximum atomic E-state index is 12.4. The summed E-state index contributed by atoms with van der Waals surface area (Å²) >= 11 is 3.34. The number of aryl methyl sites for hydroxylation is 1. The molecule has 6 nitrogen and oxygen atoms in total. The molecule has 2 aromatic carbocycles. The van der Waals surface area contributed by atoms with Gasteiger partial charge in [0.15, 0.2) is 0 Å². The molecule has 0 amide bonds. The van der Waals surface area contributed by atoms with Crippen LogP contribution in [0, 0.1) is 12.3 Å². The fourth-order valence-corrected chi connectivity index (χ4v) is 3.43. The van der Waals surface area contributed by atoms with Crippen molar-refractivity contribution in [1.29, 1.82) is 5.41 Å². The number of anilines is 1. The van der Waals surface area contributed by atoms with Crippen molar-refractivity contribution in [3.05, 3.63) is 74.4 Å². The molecule has 0 atom stereocenters.